The average Bonchev–Trinajstić information content (AvgIpc) is 3.59. The third-order valence-electron chi connectivity index (χ3n) is 9.73. The second-order valence-electron chi connectivity index (χ2n) is 12.6. The Kier molecular flexibility index (Phi) is 7.86. The van der Waals surface area contributed by atoms with Crippen molar-refractivity contribution in [2.75, 3.05) is 0 Å². The Morgan fingerprint density at radius 1 is 0.553 bits per heavy atom. The van der Waals surface area contributed by atoms with Crippen molar-refractivity contribution in [3.63, 3.8) is 0 Å². The molecule has 0 bridgehead atoms. The molecule has 0 radical (unpaired) electrons. The normalized spacial score (nSPS) is 18.6. The fraction of sp³-hybridized carbons (Fsp3) is 0.263. The summed E-state index contributed by atoms with van der Waals surface area (Å²) < 4.78 is 97.2. The Hall–Kier alpha value is -3.58. The Labute approximate surface area is 281 Å². The van der Waals surface area contributed by atoms with Gasteiger partial charge in [0.1, 0.15) is 0 Å². The fourth-order valence-corrected chi connectivity index (χ4v) is 8.85. The molecule has 1 aliphatic heterocycles. The van der Waals surface area contributed by atoms with Crippen LogP contribution in [-0.4, -0.2) is 0 Å². The van der Waals surface area contributed by atoms with E-state index < -0.39 is 59.4 Å². The monoisotopic (exact) mass is 722 g/mol. The summed E-state index contributed by atoms with van der Waals surface area (Å²) in [5.41, 5.74) is 9.06. The fourth-order valence-electron chi connectivity index (χ4n) is 7.40. The number of halogens is 6. The van der Waals surface area contributed by atoms with Crippen molar-refractivity contribution in [1.82, 2.24) is 0 Å². The van der Waals surface area contributed by atoms with E-state index in [2.05, 4.69) is 12.2 Å². The molecule has 0 saturated heterocycles. The van der Waals surface area contributed by atoms with E-state index in [-0.39, 0.29) is 0 Å². The van der Waals surface area contributed by atoms with Gasteiger partial charge in [-0.25, -0.2) is 0 Å². The summed E-state index contributed by atoms with van der Waals surface area (Å²) in [6, 6.07) is 15.1. The number of allylic oxidation sites excluding steroid dienone is 2. The molecule has 7 rings (SSSR count). The molecule has 0 fully saturated rings. The van der Waals surface area contributed by atoms with Crippen LogP contribution in [0, 0.1) is 27.7 Å². The maximum atomic E-state index is 14.1. The minimum absolute atomic E-state index is 0.304. The number of aryl methyl sites for hydroxylation is 4. The van der Waals surface area contributed by atoms with E-state index in [4.69, 9.17) is 5.63 Å². The molecule has 2 unspecified atom stereocenters. The van der Waals surface area contributed by atoms with Gasteiger partial charge in [0.25, 0.3) is 0 Å². The molecule has 3 aliphatic rings. The summed E-state index contributed by atoms with van der Waals surface area (Å²) >= 11 is -2.33. The van der Waals surface area contributed by atoms with E-state index >= 15 is 0 Å². The van der Waals surface area contributed by atoms with Crippen LogP contribution >= 0.6 is 0 Å². The first-order valence-corrected chi connectivity index (χ1v) is 17.3. The molecule has 9 heteroatoms. The van der Waals surface area contributed by atoms with Crippen LogP contribution in [-0.2, 0) is 36.5 Å². The van der Waals surface area contributed by atoms with Gasteiger partial charge < -0.3 is 0 Å². The van der Waals surface area contributed by atoms with E-state index in [9.17, 15) is 26.3 Å². The van der Waals surface area contributed by atoms with Crippen molar-refractivity contribution in [2.45, 2.75) is 64.7 Å². The molecule has 2 aliphatic carbocycles. The standard InChI is InChI=1S/C38H32F6O2.Zr/c1-19-5-7-21(3)33-27(19)15-23(35(33)29-17-25(37(39,40)41)11-13-31(29)45)9-10-24-16-28-20(2)6-8-22(4)34(28)36(24)30-18-26(38(42,43)44)12-14-32(30)46;/h5-8,11-18,35-36,45-46H,9-10H2,1-4H3;/q;+2/p-2. The molecule has 2 atom stereocenters. The van der Waals surface area contributed by atoms with Crippen LogP contribution in [0.3, 0.4) is 0 Å². The molecule has 0 spiro atoms. The molecular formula is C38H30F6O2Zr. The van der Waals surface area contributed by atoms with Crippen molar-refractivity contribution in [2.24, 2.45) is 0 Å². The number of hydrogen-bond acceptors (Lipinski definition) is 2. The van der Waals surface area contributed by atoms with Gasteiger partial charge in [-0.1, -0.05) is 0 Å². The summed E-state index contributed by atoms with van der Waals surface area (Å²) in [5.74, 6) is -0.350. The van der Waals surface area contributed by atoms with E-state index in [1.165, 1.54) is 24.3 Å². The van der Waals surface area contributed by atoms with Gasteiger partial charge in [0.2, 0.25) is 0 Å². The molecule has 0 saturated carbocycles. The first-order chi connectivity index (χ1) is 22.2. The van der Waals surface area contributed by atoms with E-state index in [0.29, 0.717) is 35.5 Å². The van der Waals surface area contributed by atoms with E-state index in [1.54, 1.807) is 0 Å². The molecule has 240 valence electrons. The van der Waals surface area contributed by atoms with E-state index in [0.717, 1.165) is 67.8 Å². The zero-order valence-corrected chi connectivity index (χ0v) is 28.5. The Balaban J connectivity index is 1.44. The third kappa shape index (κ3) is 5.58. The average molecular weight is 724 g/mol. The summed E-state index contributed by atoms with van der Waals surface area (Å²) in [5, 5.41) is 0. The zero-order valence-electron chi connectivity index (χ0n) is 26.1. The van der Waals surface area contributed by atoms with Crippen LogP contribution < -0.4 is 5.63 Å². The number of alkyl halides is 6. The number of rotatable bonds is 0. The first-order valence-electron chi connectivity index (χ1n) is 15.3. The van der Waals surface area contributed by atoms with Crippen LogP contribution in [0.4, 0.5) is 26.3 Å². The zero-order chi connectivity index (χ0) is 33.4. The topological polar surface area (TPSA) is 18.5 Å². The number of benzene rings is 4. The summed E-state index contributed by atoms with van der Waals surface area (Å²) in [6.07, 6.45) is -3.94. The molecule has 1 heterocycles. The summed E-state index contributed by atoms with van der Waals surface area (Å²) in [7, 11) is 0. The Morgan fingerprint density at radius 3 is 1.32 bits per heavy atom. The Bertz CT molecular complexity index is 1860. The predicted molar refractivity (Wildman–Crippen MR) is 165 cm³/mol. The second kappa shape index (κ2) is 11.5. The SMILES string of the molecule is Cc1ccc(C)c2c1C=C1CCC3=Cc4c(C)ccc(C)c4C3c3cc(C(F)(F)F)ccc3[O][Zr][O]c3ccc(C(F)(F)F)cc3C12. The Morgan fingerprint density at radius 2 is 0.936 bits per heavy atom. The molecule has 4 aromatic rings. The van der Waals surface area contributed by atoms with Gasteiger partial charge >= 0.3 is 283 Å². The summed E-state index contributed by atoms with van der Waals surface area (Å²) in [4.78, 5) is 0. The van der Waals surface area contributed by atoms with Gasteiger partial charge in [0.15, 0.2) is 0 Å². The van der Waals surface area contributed by atoms with Gasteiger partial charge in [-0.05, 0) is 0 Å². The number of fused-ring (bicyclic) bond motifs is 10. The van der Waals surface area contributed by atoms with Crippen molar-refractivity contribution in [1.29, 1.82) is 0 Å². The molecular weight excluding hydrogens is 694 g/mol. The minimum atomic E-state index is -4.56. The van der Waals surface area contributed by atoms with Crippen molar-refractivity contribution < 1.29 is 56.1 Å². The molecule has 47 heavy (non-hydrogen) atoms. The first kappa shape index (κ1) is 32.0. The van der Waals surface area contributed by atoms with E-state index in [1.807, 2.05) is 52.0 Å². The summed E-state index contributed by atoms with van der Waals surface area (Å²) in [6.45, 7) is 7.92. The van der Waals surface area contributed by atoms with Crippen molar-refractivity contribution >= 4 is 12.2 Å². The van der Waals surface area contributed by atoms with Crippen molar-refractivity contribution in [3.8, 4) is 11.5 Å². The number of hydrogen-bond donors (Lipinski definition) is 0. The molecule has 4 aromatic carbocycles. The van der Waals surface area contributed by atoms with Crippen LogP contribution in [0.15, 0.2) is 71.8 Å². The quantitative estimate of drug-likeness (QED) is 0.168. The van der Waals surface area contributed by atoms with Gasteiger partial charge in [-0.15, -0.1) is 0 Å². The molecule has 0 amide bonds. The van der Waals surface area contributed by atoms with Crippen LogP contribution in [0.25, 0.3) is 12.2 Å². The van der Waals surface area contributed by atoms with Gasteiger partial charge in [-0.3, -0.25) is 0 Å². The van der Waals surface area contributed by atoms with Gasteiger partial charge in [0.05, 0.1) is 0 Å². The molecule has 0 N–H and O–H groups in total. The van der Waals surface area contributed by atoms with Gasteiger partial charge in [0, 0.05) is 0 Å². The van der Waals surface area contributed by atoms with Crippen LogP contribution in [0.1, 0.15) is 91.4 Å². The molecule has 0 aromatic heterocycles. The van der Waals surface area contributed by atoms with Crippen molar-refractivity contribution in [3.05, 3.63) is 139 Å². The van der Waals surface area contributed by atoms with Gasteiger partial charge in [-0.2, -0.15) is 0 Å². The predicted octanol–water partition coefficient (Wildman–Crippen LogP) is 11.2. The van der Waals surface area contributed by atoms with Crippen LogP contribution in [0.2, 0.25) is 0 Å². The third-order valence-corrected chi connectivity index (χ3v) is 11.2. The second-order valence-corrected chi connectivity index (χ2v) is 14.1. The molecule has 2 nitrogen and oxygen atoms in total. The maximum absolute atomic E-state index is 14.1. The van der Waals surface area contributed by atoms with Crippen LogP contribution in [0.5, 0.6) is 11.5 Å².